The standard InChI is InChI=1S/C11H14O3.Ac/c1-11(2,3)8-6-7(10(13)14)4-5-9(8)12;/h4-6,12H,1-3H3,(H,13,14);. The SMILES string of the molecule is CC(C)(C)c1cc(C(=O)O)ccc1O.[Ac]. The van der Waals surface area contributed by atoms with E-state index in [9.17, 15) is 9.90 Å². The number of aromatic hydroxyl groups is 1. The third-order valence-corrected chi connectivity index (χ3v) is 2.05. The normalized spacial score (nSPS) is 10.6. The number of carboxylic acids is 1. The van der Waals surface area contributed by atoms with Crippen molar-refractivity contribution in [3.05, 3.63) is 29.3 Å². The van der Waals surface area contributed by atoms with Crippen LogP contribution in [0.1, 0.15) is 36.7 Å². The molecule has 0 aliphatic rings. The number of aromatic carboxylic acids is 1. The van der Waals surface area contributed by atoms with Gasteiger partial charge in [-0.3, -0.25) is 0 Å². The zero-order chi connectivity index (χ0) is 10.9. The van der Waals surface area contributed by atoms with E-state index in [-0.39, 0.29) is 60.8 Å². The molecule has 1 aromatic carbocycles. The van der Waals surface area contributed by atoms with Gasteiger partial charge >= 0.3 is 5.97 Å². The van der Waals surface area contributed by atoms with Gasteiger partial charge in [0.25, 0.3) is 0 Å². The second kappa shape index (κ2) is 5.32. The van der Waals surface area contributed by atoms with E-state index in [1.54, 1.807) is 0 Å². The van der Waals surface area contributed by atoms with Crippen LogP contribution in [0.5, 0.6) is 5.75 Å². The number of carboxylic acid groups (broad SMARTS) is 1. The number of benzene rings is 1. The Morgan fingerprint density at radius 2 is 1.80 bits per heavy atom. The molecule has 0 bridgehead atoms. The Balaban J connectivity index is 0.00000196. The first-order chi connectivity index (χ1) is 6.32. The van der Waals surface area contributed by atoms with Crippen molar-refractivity contribution in [2.75, 3.05) is 0 Å². The molecule has 1 radical (unpaired) electrons. The summed E-state index contributed by atoms with van der Waals surface area (Å²) in [6.45, 7) is 5.77. The molecule has 0 saturated carbocycles. The minimum absolute atomic E-state index is 0. The van der Waals surface area contributed by atoms with E-state index in [1.165, 1.54) is 18.2 Å². The summed E-state index contributed by atoms with van der Waals surface area (Å²) < 4.78 is 0. The van der Waals surface area contributed by atoms with Crippen LogP contribution in [0.25, 0.3) is 0 Å². The first-order valence-corrected chi connectivity index (χ1v) is 4.39. The van der Waals surface area contributed by atoms with E-state index >= 15 is 0 Å². The Bertz CT molecular complexity index is 367. The van der Waals surface area contributed by atoms with E-state index < -0.39 is 5.97 Å². The van der Waals surface area contributed by atoms with Crippen molar-refractivity contribution >= 4 is 5.97 Å². The van der Waals surface area contributed by atoms with Crippen LogP contribution < -0.4 is 0 Å². The van der Waals surface area contributed by atoms with Crippen molar-refractivity contribution in [1.29, 1.82) is 0 Å². The maximum atomic E-state index is 10.7. The molecule has 0 heterocycles. The Hall–Kier alpha value is -0.0684. The van der Waals surface area contributed by atoms with Gasteiger partial charge in [-0.1, -0.05) is 20.8 Å². The molecular weight excluding hydrogens is 407 g/mol. The van der Waals surface area contributed by atoms with Crippen molar-refractivity contribution in [2.45, 2.75) is 26.2 Å². The smallest absolute Gasteiger partial charge is 0.335 e. The van der Waals surface area contributed by atoms with E-state index in [1.807, 2.05) is 20.8 Å². The van der Waals surface area contributed by atoms with Gasteiger partial charge in [-0.15, -0.1) is 0 Å². The zero-order valence-electron chi connectivity index (χ0n) is 9.11. The number of carbonyl (C=O) groups is 1. The molecule has 3 nitrogen and oxygen atoms in total. The molecule has 1 aromatic rings. The molecule has 0 unspecified atom stereocenters. The fourth-order valence-electron chi connectivity index (χ4n) is 1.27. The number of rotatable bonds is 1. The molecule has 0 aliphatic heterocycles. The van der Waals surface area contributed by atoms with Crippen LogP contribution in [0.15, 0.2) is 18.2 Å². The molecule has 4 heteroatoms. The van der Waals surface area contributed by atoms with Crippen molar-refractivity contribution in [2.24, 2.45) is 0 Å². The van der Waals surface area contributed by atoms with Gasteiger partial charge < -0.3 is 10.2 Å². The van der Waals surface area contributed by atoms with Crippen LogP contribution in [-0.4, -0.2) is 16.2 Å². The molecule has 0 spiro atoms. The van der Waals surface area contributed by atoms with Crippen LogP contribution >= 0.6 is 0 Å². The van der Waals surface area contributed by atoms with Crippen molar-refractivity contribution < 1.29 is 59.1 Å². The number of hydrogen-bond acceptors (Lipinski definition) is 2. The fourth-order valence-corrected chi connectivity index (χ4v) is 1.27. The molecular formula is C11H14AcO3. The van der Waals surface area contributed by atoms with Gasteiger partial charge in [0, 0.05) is 49.6 Å². The molecule has 79 valence electrons. The van der Waals surface area contributed by atoms with Crippen LogP contribution in [0.3, 0.4) is 0 Å². The summed E-state index contributed by atoms with van der Waals surface area (Å²) in [7, 11) is 0. The first-order valence-electron chi connectivity index (χ1n) is 4.39. The molecule has 2 N–H and O–H groups in total. The summed E-state index contributed by atoms with van der Waals surface area (Å²) in [6.07, 6.45) is 0. The maximum Gasteiger partial charge on any atom is 0.335 e. The average molecular weight is 421 g/mol. The minimum atomic E-state index is -0.976. The van der Waals surface area contributed by atoms with Crippen molar-refractivity contribution in [3.63, 3.8) is 0 Å². The van der Waals surface area contributed by atoms with Crippen LogP contribution in [-0.2, 0) is 5.41 Å². The topological polar surface area (TPSA) is 57.5 Å². The monoisotopic (exact) mass is 421 g/mol. The van der Waals surface area contributed by atoms with Gasteiger partial charge in [0.1, 0.15) is 5.75 Å². The van der Waals surface area contributed by atoms with Gasteiger partial charge in [0.15, 0.2) is 0 Å². The molecule has 0 saturated heterocycles. The molecule has 0 amide bonds. The molecule has 0 aromatic heterocycles. The predicted molar refractivity (Wildman–Crippen MR) is 53.8 cm³/mol. The summed E-state index contributed by atoms with van der Waals surface area (Å²) >= 11 is 0. The van der Waals surface area contributed by atoms with Crippen molar-refractivity contribution in [3.8, 4) is 5.75 Å². The summed E-state index contributed by atoms with van der Waals surface area (Å²) in [5.41, 5.74) is 0.598. The molecule has 0 fully saturated rings. The fraction of sp³-hybridized carbons (Fsp3) is 0.364. The Kier molecular flexibility index (Phi) is 5.29. The predicted octanol–water partition coefficient (Wildman–Crippen LogP) is 2.39. The molecule has 0 aliphatic carbocycles. The van der Waals surface area contributed by atoms with Crippen LogP contribution in [0.4, 0.5) is 0 Å². The second-order valence-corrected chi connectivity index (χ2v) is 4.29. The summed E-state index contributed by atoms with van der Waals surface area (Å²) in [5.74, 6) is -0.835. The van der Waals surface area contributed by atoms with E-state index in [2.05, 4.69) is 0 Å². The largest absolute Gasteiger partial charge is 0.508 e. The molecule has 15 heavy (non-hydrogen) atoms. The third-order valence-electron chi connectivity index (χ3n) is 2.05. The minimum Gasteiger partial charge on any atom is -0.508 e. The van der Waals surface area contributed by atoms with Gasteiger partial charge in [-0.25, -0.2) is 4.79 Å². The Morgan fingerprint density at radius 3 is 2.20 bits per heavy atom. The van der Waals surface area contributed by atoms with Crippen molar-refractivity contribution in [1.82, 2.24) is 0 Å². The average Bonchev–Trinajstić information content (AvgIpc) is 2.02. The van der Waals surface area contributed by atoms with Gasteiger partial charge in [-0.05, 0) is 23.6 Å². The number of phenolic OH excluding ortho intramolecular Hbond substituents is 1. The van der Waals surface area contributed by atoms with Gasteiger partial charge in [0.2, 0.25) is 0 Å². The molecule has 0 atom stereocenters. The summed E-state index contributed by atoms with van der Waals surface area (Å²) in [5, 5.41) is 18.3. The first kappa shape index (κ1) is 14.9. The maximum absolute atomic E-state index is 10.7. The second-order valence-electron chi connectivity index (χ2n) is 4.29. The summed E-state index contributed by atoms with van der Waals surface area (Å²) in [4.78, 5) is 10.7. The van der Waals surface area contributed by atoms with Crippen LogP contribution in [0.2, 0.25) is 0 Å². The van der Waals surface area contributed by atoms with E-state index in [0.717, 1.165) is 0 Å². The Labute approximate surface area is 125 Å². The van der Waals surface area contributed by atoms with Crippen LogP contribution in [0, 0.1) is 44.1 Å². The quantitative estimate of drug-likeness (QED) is 0.733. The number of phenols is 1. The summed E-state index contributed by atoms with van der Waals surface area (Å²) in [6, 6.07) is 4.33. The Morgan fingerprint density at radius 1 is 1.27 bits per heavy atom. The van der Waals surface area contributed by atoms with Gasteiger partial charge in [-0.2, -0.15) is 0 Å². The van der Waals surface area contributed by atoms with E-state index in [4.69, 9.17) is 5.11 Å². The van der Waals surface area contributed by atoms with Gasteiger partial charge in [0.05, 0.1) is 5.56 Å². The third kappa shape index (κ3) is 3.77. The molecule has 1 rings (SSSR count). The zero-order valence-corrected chi connectivity index (χ0v) is 13.9. The number of hydrogen-bond donors (Lipinski definition) is 2. The van der Waals surface area contributed by atoms with E-state index in [0.29, 0.717) is 5.56 Å².